The predicted octanol–water partition coefficient (Wildman–Crippen LogP) is 3.91. The Morgan fingerprint density at radius 2 is 1.85 bits per heavy atom. The number of aliphatic imine (C=N–C) groups is 1. The summed E-state index contributed by atoms with van der Waals surface area (Å²) in [7, 11) is 1.97. The minimum Gasteiger partial charge on any atom is -0.492 e. The van der Waals surface area contributed by atoms with Crippen LogP contribution in [0, 0.1) is 11.2 Å². The number of nitrogens with one attached hydrogen (secondary N) is 1. The Balaban J connectivity index is 0.00000676. The van der Waals surface area contributed by atoms with Crippen molar-refractivity contribution in [2.75, 3.05) is 39.9 Å². The van der Waals surface area contributed by atoms with Crippen molar-refractivity contribution in [1.29, 1.82) is 0 Å². The van der Waals surface area contributed by atoms with E-state index in [9.17, 15) is 9.50 Å². The second kappa shape index (κ2) is 14.0. The van der Waals surface area contributed by atoms with Crippen LogP contribution in [0.3, 0.4) is 0 Å². The van der Waals surface area contributed by atoms with E-state index < -0.39 is 0 Å². The number of ether oxygens (including phenoxy) is 1. The highest BCUT2D eigenvalue weighted by Gasteiger charge is 2.25. The monoisotopic (exact) mass is 495 g/mol. The number of likely N-dealkylation sites (N-methyl/N-ethyl adjacent to an activating group) is 1. The maximum atomic E-state index is 12.9. The average Bonchev–Trinajstić information content (AvgIpc) is 2.65. The number of guanidine groups is 1. The van der Waals surface area contributed by atoms with Crippen LogP contribution in [0.5, 0.6) is 5.75 Å². The number of hydrogen-bond donors (Lipinski definition) is 2. The minimum atomic E-state index is -0.269. The van der Waals surface area contributed by atoms with Crippen LogP contribution in [0.1, 0.15) is 40.0 Å². The van der Waals surface area contributed by atoms with Crippen LogP contribution in [-0.4, -0.2) is 55.9 Å². The highest BCUT2D eigenvalue weighted by molar-refractivity contribution is 14.0. The van der Waals surface area contributed by atoms with E-state index in [4.69, 9.17) is 9.73 Å². The average molecular weight is 495 g/mol. The zero-order chi connectivity index (χ0) is 19.4. The number of hydrogen-bond acceptors (Lipinski definition) is 3. The Morgan fingerprint density at radius 1 is 1.22 bits per heavy atom. The molecular formula is C20H35FIN3O2. The lowest BCUT2D eigenvalue weighted by atomic mass is 9.79. The van der Waals surface area contributed by atoms with Crippen LogP contribution < -0.4 is 10.1 Å². The van der Waals surface area contributed by atoms with Crippen LogP contribution in [-0.2, 0) is 0 Å². The molecule has 0 saturated carbocycles. The zero-order valence-electron chi connectivity index (χ0n) is 17.0. The second-order valence-electron chi connectivity index (χ2n) is 6.57. The molecule has 7 heteroatoms. The Bertz CT molecular complexity index is 537. The first-order valence-electron chi connectivity index (χ1n) is 9.49. The molecule has 2 N–H and O–H groups in total. The Kier molecular flexibility index (Phi) is 13.4. The normalized spacial score (nSPS) is 11.7. The molecule has 1 aromatic carbocycles. The molecular weight excluding hydrogens is 460 g/mol. The number of nitrogens with zero attached hydrogens (tertiary/aromatic N) is 2. The third kappa shape index (κ3) is 9.10. The molecule has 0 aliphatic rings. The molecule has 0 aliphatic carbocycles. The molecule has 0 radical (unpaired) electrons. The smallest absolute Gasteiger partial charge is 0.193 e. The van der Waals surface area contributed by atoms with E-state index in [-0.39, 0.29) is 41.8 Å². The van der Waals surface area contributed by atoms with Gasteiger partial charge < -0.3 is 20.1 Å². The van der Waals surface area contributed by atoms with Crippen molar-refractivity contribution in [3.63, 3.8) is 0 Å². The number of halogens is 2. The van der Waals surface area contributed by atoms with Crippen molar-refractivity contribution in [3.05, 3.63) is 30.1 Å². The van der Waals surface area contributed by atoms with Gasteiger partial charge in [-0.05, 0) is 55.9 Å². The lowest BCUT2D eigenvalue weighted by Gasteiger charge is -2.30. The zero-order valence-corrected chi connectivity index (χ0v) is 19.3. The molecule has 0 fully saturated rings. The van der Waals surface area contributed by atoms with Crippen molar-refractivity contribution < 1.29 is 14.2 Å². The maximum Gasteiger partial charge on any atom is 0.193 e. The summed E-state index contributed by atoms with van der Waals surface area (Å²) in [5.41, 5.74) is 0.0425. The van der Waals surface area contributed by atoms with Crippen molar-refractivity contribution in [3.8, 4) is 5.75 Å². The fraction of sp³-hybridized carbons (Fsp3) is 0.650. The minimum absolute atomic E-state index is 0. The predicted molar refractivity (Wildman–Crippen MR) is 121 cm³/mol. The van der Waals surface area contributed by atoms with Crippen LogP contribution in [0.2, 0.25) is 0 Å². The Hall–Kier alpha value is -1.09. The van der Waals surface area contributed by atoms with Crippen molar-refractivity contribution in [2.24, 2.45) is 10.4 Å². The lowest BCUT2D eigenvalue weighted by molar-refractivity contribution is 0.175. The Morgan fingerprint density at radius 3 is 2.37 bits per heavy atom. The summed E-state index contributed by atoms with van der Waals surface area (Å²) in [5, 5.41) is 12.7. The highest BCUT2D eigenvalue weighted by atomic mass is 127. The van der Waals surface area contributed by atoms with Gasteiger partial charge in [0.2, 0.25) is 0 Å². The van der Waals surface area contributed by atoms with E-state index in [1.54, 1.807) is 12.1 Å². The number of rotatable bonds is 11. The van der Waals surface area contributed by atoms with Gasteiger partial charge in [-0.15, -0.1) is 24.0 Å². The van der Waals surface area contributed by atoms with Crippen molar-refractivity contribution in [1.82, 2.24) is 10.2 Å². The topological polar surface area (TPSA) is 57.1 Å². The fourth-order valence-corrected chi connectivity index (χ4v) is 2.79. The summed E-state index contributed by atoms with van der Waals surface area (Å²) in [5.74, 6) is 1.22. The van der Waals surface area contributed by atoms with Gasteiger partial charge in [0.05, 0.1) is 6.54 Å². The van der Waals surface area contributed by atoms with E-state index in [0.717, 1.165) is 31.8 Å². The van der Waals surface area contributed by atoms with E-state index in [1.165, 1.54) is 12.1 Å². The van der Waals surface area contributed by atoms with Crippen LogP contribution in [0.25, 0.3) is 0 Å². The SMILES string of the molecule is CCNC(=NCC(CC)(CC)CCO)N(C)CCOc1ccc(F)cc1.I. The van der Waals surface area contributed by atoms with Crippen LogP contribution in [0.4, 0.5) is 4.39 Å². The molecule has 0 saturated heterocycles. The molecule has 0 atom stereocenters. The molecule has 0 spiro atoms. The quantitative estimate of drug-likeness (QED) is 0.278. The van der Waals surface area contributed by atoms with Gasteiger partial charge in [0.25, 0.3) is 0 Å². The molecule has 1 rings (SSSR count). The van der Waals surface area contributed by atoms with Gasteiger partial charge in [0.1, 0.15) is 18.2 Å². The summed E-state index contributed by atoms with van der Waals surface area (Å²) in [4.78, 5) is 6.83. The standard InChI is InChI=1S/C20H34FN3O2.HI/c1-5-20(6-2,12-14-25)16-23-19(22-7-3)24(4)13-15-26-18-10-8-17(21)9-11-18;/h8-11,25H,5-7,12-16H2,1-4H3,(H,22,23);1H. The van der Waals surface area contributed by atoms with E-state index >= 15 is 0 Å². The van der Waals surface area contributed by atoms with E-state index in [1.807, 2.05) is 18.9 Å². The fourth-order valence-electron chi connectivity index (χ4n) is 2.79. The third-order valence-electron chi connectivity index (χ3n) is 4.91. The molecule has 27 heavy (non-hydrogen) atoms. The van der Waals surface area contributed by atoms with Gasteiger partial charge >= 0.3 is 0 Å². The molecule has 156 valence electrons. The molecule has 0 heterocycles. The first-order valence-corrected chi connectivity index (χ1v) is 9.49. The molecule has 0 aromatic heterocycles. The van der Waals surface area contributed by atoms with Crippen LogP contribution >= 0.6 is 24.0 Å². The van der Waals surface area contributed by atoms with Crippen molar-refractivity contribution in [2.45, 2.75) is 40.0 Å². The third-order valence-corrected chi connectivity index (χ3v) is 4.91. The summed E-state index contributed by atoms with van der Waals surface area (Å²) < 4.78 is 18.6. The molecule has 5 nitrogen and oxygen atoms in total. The summed E-state index contributed by atoms with van der Waals surface area (Å²) in [6.07, 6.45) is 2.75. The first kappa shape index (κ1) is 25.9. The molecule has 0 unspecified atom stereocenters. The van der Waals surface area contributed by atoms with Crippen LogP contribution in [0.15, 0.2) is 29.3 Å². The molecule has 0 amide bonds. The first-order chi connectivity index (χ1) is 12.5. The number of aliphatic hydroxyl groups is 1. The Labute approximate surface area is 180 Å². The summed E-state index contributed by atoms with van der Waals surface area (Å²) in [6.45, 7) is 9.15. The highest BCUT2D eigenvalue weighted by Crippen LogP contribution is 2.30. The van der Waals surface area contributed by atoms with Gasteiger partial charge in [0.15, 0.2) is 5.96 Å². The largest absolute Gasteiger partial charge is 0.492 e. The van der Waals surface area contributed by atoms with Crippen molar-refractivity contribution >= 4 is 29.9 Å². The summed E-state index contributed by atoms with van der Waals surface area (Å²) >= 11 is 0. The molecule has 0 bridgehead atoms. The number of aliphatic hydroxyl groups excluding tert-OH is 1. The van der Waals surface area contributed by atoms with Gasteiger partial charge in [-0.25, -0.2) is 4.39 Å². The lowest BCUT2D eigenvalue weighted by Crippen LogP contribution is -2.41. The van der Waals surface area contributed by atoms with Gasteiger partial charge in [-0.3, -0.25) is 4.99 Å². The van der Waals surface area contributed by atoms with E-state index in [0.29, 0.717) is 25.4 Å². The van der Waals surface area contributed by atoms with E-state index in [2.05, 4.69) is 19.2 Å². The second-order valence-corrected chi connectivity index (χ2v) is 6.57. The molecule has 0 aliphatic heterocycles. The van der Waals surface area contributed by atoms with Gasteiger partial charge in [-0.2, -0.15) is 0 Å². The van der Waals surface area contributed by atoms with Gasteiger partial charge in [0, 0.05) is 26.7 Å². The maximum absolute atomic E-state index is 12.9. The van der Waals surface area contributed by atoms with Gasteiger partial charge in [-0.1, -0.05) is 13.8 Å². The summed E-state index contributed by atoms with van der Waals surface area (Å²) in [6, 6.07) is 6.03. The number of benzene rings is 1. The molecule has 1 aromatic rings.